The molecule has 1 unspecified atom stereocenters. The van der Waals surface area contributed by atoms with Gasteiger partial charge in [0.05, 0.1) is 23.7 Å². The number of anilines is 1. The van der Waals surface area contributed by atoms with Crippen molar-refractivity contribution in [3.05, 3.63) is 58.6 Å². The van der Waals surface area contributed by atoms with Crippen molar-refractivity contribution in [1.82, 2.24) is 9.55 Å². The summed E-state index contributed by atoms with van der Waals surface area (Å²) in [6, 6.07) is 16.3. The minimum Gasteiger partial charge on any atom is -0.392 e. The number of halogens is 1. The molecule has 2 aromatic carbocycles. The fourth-order valence-corrected chi connectivity index (χ4v) is 2.65. The first-order valence-corrected chi connectivity index (χ1v) is 8.04. The smallest absolute Gasteiger partial charge is 0.204 e. The minimum atomic E-state index is -0.416. The number of hydrogen-bond acceptors (Lipinski definition) is 3. The van der Waals surface area contributed by atoms with Crippen LogP contribution in [0, 0.1) is 0 Å². The zero-order chi connectivity index (χ0) is 15.5. The van der Waals surface area contributed by atoms with Gasteiger partial charge in [0.2, 0.25) is 5.95 Å². The number of imidazole rings is 1. The molecule has 0 radical (unpaired) electrons. The zero-order valence-corrected chi connectivity index (χ0v) is 13.9. The molecule has 0 saturated heterocycles. The standard InChI is InChI=1S/C17H18BrN3O/c1-12(22)10-19-17-20-15-4-2-3-5-16(15)21(17)11-13-6-8-14(18)9-7-13/h2-9,12,22H,10-11H2,1H3,(H,19,20). The SMILES string of the molecule is CC(O)CNc1nc2ccccc2n1Cc1ccc(Br)cc1. The number of nitrogens with one attached hydrogen (secondary N) is 1. The number of rotatable bonds is 5. The van der Waals surface area contributed by atoms with Crippen LogP contribution in [0.2, 0.25) is 0 Å². The summed E-state index contributed by atoms with van der Waals surface area (Å²) in [4.78, 5) is 4.63. The molecule has 3 rings (SSSR count). The second-order valence-electron chi connectivity index (χ2n) is 5.37. The van der Waals surface area contributed by atoms with Crippen LogP contribution in [0.15, 0.2) is 53.0 Å². The monoisotopic (exact) mass is 359 g/mol. The van der Waals surface area contributed by atoms with Crippen molar-refractivity contribution in [2.45, 2.75) is 19.6 Å². The van der Waals surface area contributed by atoms with Gasteiger partial charge in [-0.1, -0.05) is 40.2 Å². The summed E-state index contributed by atoms with van der Waals surface area (Å²) in [5, 5.41) is 12.7. The van der Waals surface area contributed by atoms with Crippen LogP contribution in [0.4, 0.5) is 5.95 Å². The van der Waals surface area contributed by atoms with E-state index in [-0.39, 0.29) is 0 Å². The van der Waals surface area contributed by atoms with E-state index in [1.54, 1.807) is 6.92 Å². The third-order valence-corrected chi connectivity index (χ3v) is 3.99. The molecule has 0 aliphatic rings. The highest BCUT2D eigenvalue weighted by molar-refractivity contribution is 9.10. The molecule has 0 fully saturated rings. The van der Waals surface area contributed by atoms with Crippen molar-refractivity contribution in [2.75, 3.05) is 11.9 Å². The largest absolute Gasteiger partial charge is 0.392 e. The van der Waals surface area contributed by atoms with Gasteiger partial charge in [-0.05, 0) is 36.8 Å². The lowest BCUT2D eigenvalue weighted by molar-refractivity contribution is 0.208. The fourth-order valence-electron chi connectivity index (χ4n) is 2.38. The van der Waals surface area contributed by atoms with Gasteiger partial charge in [0.1, 0.15) is 0 Å². The molecule has 1 atom stereocenters. The van der Waals surface area contributed by atoms with Gasteiger partial charge >= 0.3 is 0 Å². The zero-order valence-electron chi connectivity index (χ0n) is 12.3. The van der Waals surface area contributed by atoms with Crippen molar-refractivity contribution in [1.29, 1.82) is 0 Å². The van der Waals surface area contributed by atoms with Crippen molar-refractivity contribution in [3.63, 3.8) is 0 Å². The van der Waals surface area contributed by atoms with Crippen LogP contribution >= 0.6 is 15.9 Å². The lowest BCUT2D eigenvalue weighted by Crippen LogP contribution is -2.18. The molecule has 1 heterocycles. The number of aliphatic hydroxyl groups excluding tert-OH is 1. The number of fused-ring (bicyclic) bond motifs is 1. The quantitative estimate of drug-likeness (QED) is 0.731. The Balaban J connectivity index is 1.97. The molecule has 3 aromatic rings. The molecule has 0 bridgehead atoms. The fraction of sp³-hybridized carbons (Fsp3) is 0.235. The summed E-state index contributed by atoms with van der Waals surface area (Å²) in [5.74, 6) is 0.782. The summed E-state index contributed by atoms with van der Waals surface area (Å²) in [6.07, 6.45) is -0.416. The first kappa shape index (κ1) is 15.1. The Hall–Kier alpha value is -1.85. The maximum absolute atomic E-state index is 9.49. The van der Waals surface area contributed by atoms with Crippen LogP contribution in [0.1, 0.15) is 12.5 Å². The molecular weight excluding hydrogens is 342 g/mol. The molecule has 114 valence electrons. The molecule has 0 aliphatic carbocycles. The Morgan fingerprint density at radius 2 is 1.91 bits per heavy atom. The Morgan fingerprint density at radius 1 is 1.18 bits per heavy atom. The topological polar surface area (TPSA) is 50.1 Å². The molecule has 0 aliphatic heterocycles. The Labute approximate surface area is 137 Å². The summed E-state index contributed by atoms with van der Waals surface area (Å²) < 4.78 is 3.21. The van der Waals surface area contributed by atoms with E-state index in [2.05, 4.69) is 49.0 Å². The van der Waals surface area contributed by atoms with Gasteiger partial charge in [0.25, 0.3) is 0 Å². The molecule has 4 nitrogen and oxygen atoms in total. The lowest BCUT2D eigenvalue weighted by atomic mass is 10.2. The van der Waals surface area contributed by atoms with Crippen LogP contribution in [0.5, 0.6) is 0 Å². The average molecular weight is 360 g/mol. The first-order valence-electron chi connectivity index (χ1n) is 7.25. The predicted molar refractivity (Wildman–Crippen MR) is 93.1 cm³/mol. The Bertz CT molecular complexity index is 765. The Morgan fingerprint density at radius 3 is 2.64 bits per heavy atom. The normalized spacial score (nSPS) is 12.5. The third-order valence-electron chi connectivity index (χ3n) is 3.46. The van der Waals surface area contributed by atoms with Crippen molar-refractivity contribution < 1.29 is 5.11 Å². The third kappa shape index (κ3) is 3.31. The lowest BCUT2D eigenvalue weighted by Gasteiger charge is -2.12. The van der Waals surface area contributed by atoms with E-state index >= 15 is 0 Å². The molecule has 0 amide bonds. The maximum atomic E-state index is 9.49. The molecule has 0 spiro atoms. The summed E-state index contributed by atoms with van der Waals surface area (Å²) >= 11 is 3.46. The first-order chi connectivity index (χ1) is 10.6. The van der Waals surface area contributed by atoms with Gasteiger partial charge in [-0.25, -0.2) is 4.98 Å². The minimum absolute atomic E-state index is 0.416. The number of benzene rings is 2. The number of aliphatic hydroxyl groups is 1. The summed E-state index contributed by atoms with van der Waals surface area (Å²) in [7, 11) is 0. The number of hydrogen-bond donors (Lipinski definition) is 2. The van der Waals surface area contributed by atoms with Crippen LogP contribution < -0.4 is 5.32 Å². The highest BCUT2D eigenvalue weighted by Crippen LogP contribution is 2.22. The van der Waals surface area contributed by atoms with E-state index < -0.39 is 6.10 Å². The van der Waals surface area contributed by atoms with Crippen molar-refractivity contribution in [3.8, 4) is 0 Å². The van der Waals surface area contributed by atoms with Crippen LogP contribution in [0.25, 0.3) is 11.0 Å². The number of para-hydroxylation sites is 2. The van der Waals surface area contributed by atoms with Crippen molar-refractivity contribution >= 4 is 32.9 Å². The van der Waals surface area contributed by atoms with Crippen LogP contribution in [0.3, 0.4) is 0 Å². The second-order valence-corrected chi connectivity index (χ2v) is 6.28. The van der Waals surface area contributed by atoms with E-state index in [9.17, 15) is 5.11 Å². The average Bonchev–Trinajstić information content (AvgIpc) is 2.85. The van der Waals surface area contributed by atoms with Gasteiger partial charge < -0.3 is 15.0 Å². The molecule has 1 aromatic heterocycles. The molecule has 0 saturated carbocycles. The van der Waals surface area contributed by atoms with E-state index in [1.807, 2.05) is 30.3 Å². The summed E-state index contributed by atoms with van der Waals surface area (Å²) in [6.45, 7) is 2.97. The maximum Gasteiger partial charge on any atom is 0.204 e. The Kier molecular flexibility index (Phi) is 4.45. The van der Waals surface area contributed by atoms with Crippen LogP contribution in [-0.2, 0) is 6.54 Å². The van der Waals surface area contributed by atoms with Gasteiger partial charge in [0.15, 0.2) is 0 Å². The molecule has 22 heavy (non-hydrogen) atoms. The highest BCUT2D eigenvalue weighted by atomic mass is 79.9. The molecule has 5 heteroatoms. The molecular formula is C17H18BrN3O. The van der Waals surface area contributed by atoms with Gasteiger partial charge in [0, 0.05) is 11.0 Å². The number of aromatic nitrogens is 2. The van der Waals surface area contributed by atoms with E-state index in [1.165, 1.54) is 5.56 Å². The number of nitrogens with zero attached hydrogens (tertiary/aromatic N) is 2. The predicted octanol–water partition coefficient (Wildman–Crippen LogP) is 3.64. The van der Waals surface area contributed by atoms with Gasteiger partial charge in [-0.3, -0.25) is 0 Å². The van der Waals surface area contributed by atoms with E-state index in [0.717, 1.165) is 28.0 Å². The van der Waals surface area contributed by atoms with Gasteiger partial charge in [-0.15, -0.1) is 0 Å². The second kappa shape index (κ2) is 6.50. The van der Waals surface area contributed by atoms with E-state index in [4.69, 9.17) is 0 Å². The van der Waals surface area contributed by atoms with E-state index in [0.29, 0.717) is 6.54 Å². The van der Waals surface area contributed by atoms with Crippen molar-refractivity contribution in [2.24, 2.45) is 0 Å². The van der Waals surface area contributed by atoms with Gasteiger partial charge in [-0.2, -0.15) is 0 Å². The molecule has 2 N–H and O–H groups in total. The van der Waals surface area contributed by atoms with Crippen LogP contribution in [-0.4, -0.2) is 27.3 Å². The summed E-state index contributed by atoms with van der Waals surface area (Å²) in [5.41, 5.74) is 3.23. The highest BCUT2D eigenvalue weighted by Gasteiger charge is 2.11.